The SMILES string of the molecule is Cc1ccc(NC(=O)c2nccn2C)c(C(=O)O)c1. The zero-order valence-corrected chi connectivity index (χ0v) is 10.5. The van der Waals surface area contributed by atoms with Gasteiger partial charge in [0.2, 0.25) is 0 Å². The number of carbonyl (C=O) groups is 2. The summed E-state index contributed by atoms with van der Waals surface area (Å²) in [5.41, 5.74) is 1.13. The third-order valence-corrected chi connectivity index (χ3v) is 2.68. The van der Waals surface area contributed by atoms with Crippen LogP contribution in [0.4, 0.5) is 5.69 Å². The zero-order chi connectivity index (χ0) is 14.0. The smallest absolute Gasteiger partial charge is 0.337 e. The van der Waals surface area contributed by atoms with Crippen LogP contribution in [0.25, 0.3) is 0 Å². The van der Waals surface area contributed by atoms with Gasteiger partial charge < -0.3 is 15.0 Å². The van der Waals surface area contributed by atoms with E-state index in [0.717, 1.165) is 5.56 Å². The Morgan fingerprint density at radius 1 is 1.37 bits per heavy atom. The first-order valence-corrected chi connectivity index (χ1v) is 5.61. The Kier molecular flexibility index (Phi) is 3.33. The van der Waals surface area contributed by atoms with Crippen molar-refractivity contribution >= 4 is 17.6 Å². The van der Waals surface area contributed by atoms with E-state index in [1.54, 1.807) is 36.9 Å². The number of rotatable bonds is 3. The minimum Gasteiger partial charge on any atom is -0.478 e. The molecule has 0 saturated heterocycles. The third-order valence-electron chi connectivity index (χ3n) is 2.68. The van der Waals surface area contributed by atoms with Crippen LogP contribution in [-0.2, 0) is 7.05 Å². The highest BCUT2D eigenvalue weighted by atomic mass is 16.4. The number of carbonyl (C=O) groups excluding carboxylic acids is 1. The predicted octanol–water partition coefficient (Wildman–Crippen LogP) is 1.68. The van der Waals surface area contributed by atoms with Gasteiger partial charge in [-0.25, -0.2) is 9.78 Å². The summed E-state index contributed by atoms with van der Waals surface area (Å²) >= 11 is 0. The normalized spacial score (nSPS) is 10.2. The van der Waals surface area contributed by atoms with Crippen molar-refractivity contribution in [2.24, 2.45) is 7.05 Å². The van der Waals surface area contributed by atoms with Gasteiger partial charge >= 0.3 is 5.97 Å². The van der Waals surface area contributed by atoms with E-state index in [4.69, 9.17) is 5.11 Å². The highest BCUT2D eigenvalue weighted by molar-refractivity contribution is 6.06. The first-order valence-electron chi connectivity index (χ1n) is 5.61. The van der Waals surface area contributed by atoms with Crippen LogP contribution in [0.1, 0.15) is 26.5 Å². The Balaban J connectivity index is 2.32. The molecule has 0 atom stereocenters. The lowest BCUT2D eigenvalue weighted by atomic mass is 10.1. The van der Waals surface area contributed by atoms with Gasteiger partial charge in [-0.3, -0.25) is 4.79 Å². The van der Waals surface area contributed by atoms with Crippen LogP contribution in [0.5, 0.6) is 0 Å². The summed E-state index contributed by atoms with van der Waals surface area (Å²) < 4.78 is 1.56. The summed E-state index contributed by atoms with van der Waals surface area (Å²) in [6.07, 6.45) is 3.14. The Morgan fingerprint density at radius 2 is 2.11 bits per heavy atom. The van der Waals surface area contributed by atoms with E-state index in [9.17, 15) is 9.59 Å². The minimum atomic E-state index is -1.08. The standard InChI is InChI=1S/C13H13N3O3/c1-8-3-4-10(9(7-8)13(18)19)15-12(17)11-14-5-6-16(11)2/h3-7H,1-2H3,(H,15,17)(H,18,19). The molecule has 1 heterocycles. The van der Waals surface area contributed by atoms with Crippen LogP contribution in [0.3, 0.4) is 0 Å². The zero-order valence-electron chi connectivity index (χ0n) is 10.5. The summed E-state index contributed by atoms with van der Waals surface area (Å²) in [6, 6.07) is 4.82. The van der Waals surface area contributed by atoms with Crippen molar-refractivity contribution in [2.45, 2.75) is 6.92 Å². The molecule has 0 bridgehead atoms. The molecule has 0 saturated carbocycles. The van der Waals surface area contributed by atoms with Crippen LogP contribution in [0.2, 0.25) is 0 Å². The summed E-state index contributed by atoms with van der Waals surface area (Å²) in [7, 11) is 1.69. The molecule has 0 fully saturated rings. The average molecular weight is 259 g/mol. The number of nitrogens with one attached hydrogen (secondary N) is 1. The molecule has 0 aliphatic rings. The summed E-state index contributed by atoms with van der Waals surface area (Å²) in [6.45, 7) is 1.79. The molecule has 0 aliphatic carbocycles. The molecule has 6 heteroatoms. The second kappa shape index (κ2) is 4.93. The fourth-order valence-electron chi connectivity index (χ4n) is 1.71. The minimum absolute atomic E-state index is 0.0579. The number of aromatic nitrogens is 2. The molecular formula is C13H13N3O3. The lowest BCUT2D eigenvalue weighted by Gasteiger charge is -2.09. The Labute approximate surface area is 109 Å². The number of amides is 1. The highest BCUT2D eigenvalue weighted by Gasteiger charge is 2.16. The number of carboxylic acids is 1. The number of anilines is 1. The van der Waals surface area contributed by atoms with Gasteiger partial charge in [0.1, 0.15) is 0 Å². The van der Waals surface area contributed by atoms with E-state index in [1.807, 2.05) is 0 Å². The number of nitrogens with zero attached hydrogens (tertiary/aromatic N) is 2. The molecule has 2 rings (SSSR count). The van der Waals surface area contributed by atoms with Gasteiger partial charge in [-0.05, 0) is 19.1 Å². The molecule has 0 unspecified atom stereocenters. The lowest BCUT2D eigenvalue weighted by Crippen LogP contribution is -2.18. The molecule has 2 aromatic rings. The molecular weight excluding hydrogens is 246 g/mol. The van der Waals surface area contributed by atoms with Crippen molar-refractivity contribution in [3.8, 4) is 0 Å². The summed E-state index contributed by atoms with van der Waals surface area (Å²) in [5, 5.41) is 11.7. The van der Waals surface area contributed by atoms with Crippen LogP contribution in [-0.4, -0.2) is 26.5 Å². The Bertz CT molecular complexity index is 646. The van der Waals surface area contributed by atoms with E-state index in [0.29, 0.717) is 0 Å². The van der Waals surface area contributed by atoms with E-state index in [2.05, 4.69) is 10.3 Å². The topological polar surface area (TPSA) is 84.2 Å². The molecule has 98 valence electrons. The van der Waals surface area contributed by atoms with Crippen LogP contribution < -0.4 is 5.32 Å². The highest BCUT2D eigenvalue weighted by Crippen LogP contribution is 2.18. The largest absolute Gasteiger partial charge is 0.478 e. The Morgan fingerprint density at radius 3 is 2.68 bits per heavy atom. The first kappa shape index (κ1) is 12.8. The van der Waals surface area contributed by atoms with E-state index in [-0.39, 0.29) is 17.1 Å². The van der Waals surface area contributed by atoms with Crippen molar-refractivity contribution in [3.63, 3.8) is 0 Å². The van der Waals surface area contributed by atoms with Gasteiger partial charge in [0.05, 0.1) is 11.3 Å². The van der Waals surface area contributed by atoms with Gasteiger partial charge in [0, 0.05) is 19.4 Å². The maximum Gasteiger partial charge on any atom is 0.337 e. The van der Waals surface area contributed by atoms with Gasteiger partial charge in [-0.1, -0.05) is 11.6 Å². The lowest BCUT2D eigenvalue weighted by molar-refractivity contribution is 0.0698. The summed E-state index contributed by atoms with van der Waals surface area (Å²) in [4.78, 5) is 27.0. The van der Waals surface area contributed by atoms with Gasteiger partial charge in [0.15, 0.2) is 5.82 Å². The van der Waals surface area contributed by atoms with Gasteiger partial charge in [-0.15, -0.1) is 0 Å². The maximum absolute atomic E-state index is 12.0. The fraction of sp³-hybridized carbons (Fsp3) is 0.154. The van der Waals surface area contributed by atoms with E-state index in [1.165, 1.54) is 12.3 Å². The number of hydrogen-bond acceptors (Lipinski definition) is 3. The maximum atomic E-state index is 12.0. The third kappa shape index (κ3) is 2.62. The molecule has 0 spiro atoms. The Hall–Kier alpha value is -2.63. The molecule has 19 heavy (non-hydrogen) atoms. The quantitative estimate of drug-likeness (QED) is 0.878. The average Bonchev–Trinajstić information content (AvgIpc) is 2.77. The van der Waals surface area contributed by atoms with Crippen molar-refractivity contribution < 1.29 is 14.7 Å². The molecule has 0 radical (unpaired) electrons. The van der Waals surface area contributed by atoms with Crippen molar-refractivity contribution in [1.29, 1.82) is 0 Å². The van der Waals surface area contributed by atoms with Crippen LogP contribution in [0.15, 0.2) is 30.6 Å². The number of imidazole rings is 1. The molecule has 1 aromatic heterocycles. The molecule has 1 amide bonds. The van der Waals surface area contributed by atoms with Crippen LogP contribution in [0, 0.1) is 6.92 Å². The van der Waals surface area contributed by atoms with Crippen LogP contribution >= 0.6 is 0 Å². The monoisotopic (exact) mass is 259 g/mol. The van der Waals surface area contributed by atoms with Crippen molar-refractivity contribution in [3.05, 3.63) is 47.5 Å². The number of benzene rings is 1. The second-order valence-electron chi connectivity index (χ2n) is 4.17. The van der Waals surface area contributed by atoms with E-state index >= 15 is 0 Å². The number of aryl methyl sites for hydroxylation is 2. The molecule has 0 aliphatic heterocycles. The number of carboxylic acid groups (broad SMARTS) is 1. The van der Waals surface area contributed by atoms with Crippen molar-refractivity contribution in [1.82, 2.24) is 9.55 Å². The predicted molar refractivity (Wildman–Crippen MR) is 69.3 cm³/mol. The summed E-state index contributed by atoms with van der Waals surface area (Å²) in [5.74, 6) is -1.31. The van der Waals surface area contributed by atoms with Gasteiger partial charge in [-0.2, -0.15) is 0 Å². The van der Waals surface area contributed by atoms with Gasteiger partial charge in [0.25, 0.3) is 5.91 Å². The second-order valence-corrected chi connectivity index (χ2v) is 4.17. The molecule has 2 N–H and O–H groups in total. The molecule has 6 nitrogen and oxygen atoms in total. The van der Waals surface area contributed by atoms with Crippen molar-refractivity contribution in [2.75, 3.05) is 5.32 Å². The molecule has 1 aromatic carbocycles. The van der Waals surface area contributed by atoms with E-state index < -0.39 is 11.9 Å². The first-order chi connectivity index (χ1) is 8.99. The number of aromatic carboxylic acids is 1. The fourth-order valence-corrected chi connectivity index (χ4v) is 1.71. The number of hydrogen-bond donors (Lipinski definition) is 2.